The molecule has 2 aromatic rings. The zero-order valence-corrected chi connectivity index (χ0v) is 15.2. The van der Waals surface area contributed by atoms with E-state index in [1.807, 2.05) is 32.9 Å². The van der Waals surface area contributed by atoms with Crippen LogP contribution < -0.4 is 5.56 Å². The minimum absolute atomic E-state index is 0.0255. The van der Waals surface area contributed by atoms with Gasteiger partial charge in [0.2, 0.25) is 5.69 Å². The van der Waals surface area contributed by atoms with Gasteiger partial charge < -0.3 is 5.11 Å². The summed E-state index contributed by atoms with van der Waals surface area (Å²) >= 11 is 1.14. The van der Waals surface area contributed by atoms with Crippen LogP contribution in [0.4, 0.5) is 0 Å². The Morgan fingerprint density at radius 3 is 1.74 bits per heavy atom. The second kappa shape index (κ2) is 12.3. The Hall–Kier alpha value is -2.29. The molecule has 130 valence electrons. The van der Waals surface area contributed by atoms with Gasteiger partial charge in [-0.25, -0.2) is 0 Å². The van der Waals surface area contributed by atoms with E-state index in [4.69, 9.17) is 5.11 Å². The highest BCUT2D eigenvalue weighted by Crippen LogP contribution is 2.24. The van der Waals surface area contributed by atoms with Crippen molar-refractivity contribution in [3.8, 4) is 5.75 Å². The van der Waals surface area contributed by atoms with Gasteiger partial charge in [0, 0.05) is 13.8 Å². The Kier molecular flexibility index (Phi) is 12.3. The third kappa shape index (κ3) is 7.50. The van der Waals surface area contributed by atoms with E-state index in [0.717, 1.165) is 11.5 Å². The van der Waals surface area contributed by atoms with Crippen LogP contribution >= 0.6 is 11.5 Å². The van der Waals surface area contributed by atoms with Crippen molar-refractivity contribution < 1.29 is 19.3 Å². The number of aromatic nitrogens is 3. The SMILES string of the molecule is CC.CC.CC(=O)c1no[nH]c1=O.CC(=O)c1nsc(C)c1O. The molecule has 0 unspecified atom stereocenters. The molecule has 9 heteroatoms. The van der Waals surface area contributed by atoms with Gasteiger partial charge in [-0.2, -0.15) is 9.53 Å². The summed E-state index contributed by atoms with van der Waals surface area (Å²) in [7, 11) is 0. The average Bonchev–Trinajstić information content (AvgIpc) is 3.11. The van der Waals surface area contributed by atoms with E-state index < -0.39 is 11.3 Å². The third-order valence-corrected chi connectivity index (χ3v) is 2.73. The number of carbonyl (C=O) groups is 2. The first-order valence-corrected chi connectivity index (χ1v) is 7.83. The molecular formula is C14H23N3O5S. The van der Waals surface area contributed by atoms with Crippen molar-refractivity contribution >= 4 is 23.1 Å². The van der Waals surface area contributed by atoms with Crippen LogP contribution in [0, 0.1) is 6.92 Å². The van der Waals surface area contributed by atoms with Crippen LogP contribution in [0.5, 0.6) is 5.75 Å². The van der Waals surface area contributed by atoms with Gasteiger partial charge in [-0.1, -0.05) is 27.7 Å². The molecule has 0 aromatic carbocycles. The predicted molar refractivity (Wildman–Crippen MR) is 88.3 cm³/mol. The first-order chi connectivity index (χ1) is 10.8. The predicted octanol–water partition coefficient (Wildman–Crippen LogP) is 2.98. The molecule has 0 bridgehead atoms. The van der Waals surface area contributed by atoms with E-state index in [2.05, 4.69) is 14.2 Å². The van der Waals surface area contributed by atoms with Crippen LogP contribution in [-0.2, 0) is 0 Å². The highest BCUT2D eigenvalue weighted by Gasteiger charge is 2.12. The quantitative estimate of drug-likeness (QED) is 0.801. The largest absolute Gasteiger partial charge is 0.504 e. The van der Waals surface area contributed by atoms with Gasteiger partial charge in [0.25, 0.3) is 0 Å². The lowest BCUT2D eigenvalue weighted by molar-refractivity contribution is 0.0996. The van der Waals surface area contributed by atoms with Gasteiger partial charge in [-0.05, 0) is 23.6 Å². The van der Waals surface area contributed by atoms with E-state index >= 15 is 0 Å². The number of hydrogen-bond acceptors (Lipinski definition) is 8. The van der Waals surface area contributed by atoms with Crippen LogP contribution in [-0.4, -0.2) is 31.4 Å². The fourth-order valence-corrected chi connectivity index (χ4v) is 1.65. The van der Waals surface area contributed by atoms with Crippen molar-refractivity contribution in [2.24, 2.45) is 0 Å². The van der Waals surface area contributed by atoms with Crippen LogP contribution in [0.2, 0.25) is 0 Å². The third-order valence-electron chi connectivity index (χ3n) is 1.99. The molecule has 2 rings (SSSR count). The van der Waals surface area contributed by atoms with Crippen molar-refractivity contribution in [1.82, 2.24) is 14.7 Å². The van der Waals surface area contributed by atoms with Crippen molar-refractivity contribution in [3.05, 3.63) is 26.6 Å². The van der Waals surface area contributed by atoms with Gasteiger partial charge in [-0.15, -0.1) is 0 Å². The molecule has 23 heavy (non-hydrogen) atoms. The van der Waals surface area contributed by atoms with E-state index in [0.29, 0.717) is 4.88 Å². The molecule has 0 saturated carbocycles. The molecule has 2 heterocycles. The van der Waals surface area contributed by atoms with Crippen LogP contribution in [0.3, 0.4) is 0 Å². The molecule has 8 nitrogen and oxygen atoms in total. The highest BCUT2D eigenvalue weighted by molar-refractivity contribution is 7.06. The summed E-state index contributed by atoms with van der Waals surface area (Å²) in [6.07, 6.45) is 0. The molecule has 0 saturated heterocycles. The van der Waals surface area contributed by atoms with Gasteiger partial charge in [0.15, 0.2) is 23.0 Å². The number of carbonyl (C=O) groups excluding carboxylic acids is 2. The Morgan fingerprint density at radius 2 is 1.57 bits per heavy atom. The number of aromatic hydroxyl groups is 1. The number of nitrogens with one attached hydrogen (secondary N) is 1. The molecule has 0 spiro atoms. The Bertz CT molecular complexity index is 657. The number of Topliss-reactive ketones (excluding diaryl/α,β-unsaturated/α-hetero) is 2. The molecule has 2 N–H and O–H groups in total. The Balaban J connectivity index is 0. The van der Waals surface area contributed by atoms with Crippen LogP contribution in [0.15, 0.2) is 9.42 Å². The molecule has 2 aromatic heterocycles. The molecule has 0 fully saturated rings. The standard InChI is InChI=1S/C6H7NO2S.C4H4N2O3.2C2H6/c1-3(8)5-6(9)4(2)10-7-5;1-2(7)3-4(8)6-9-5-3;2*1-2/h9H,1-2H3;1H3,(H,6,8);2*1-2H3. The minimum atomic E-state index is -0.581. The maximum atomic E-state index is 10.7. The first kappa shape index (κ1) is 23.0. The number of ketones is 2. The van der Waals surface area contributed by atoms with Crippen molar-refractivity contribution in [3.63, 3.8) is 0 Å². The molecule has 0 amide bonds. The van der Waals surface area contributed by atoms with Crippen LogP contribution in [0.25, 0.3) is 0 Å². The van der Waals surface area contributed by atoms with Crippen molar-refractivity contribution in [2.45, 2.75) is 48.5 Å². The number of rotatable bonds is 2. The van der Waals surface area contributed by atoms with Gasteiger partial charge >= 0.3 is 5.56 Å². The van der Waals surface area contributed by atoms with Gasteiger partial charge in [-0.3, -0.25) is 19.0 Å². The molecule has 0 aliphatic rings. The maximum Gasteiger partial charge on any atom is 0.311 e. The first-order valence-electron chi connectivity index (χ1n) is 7.06. The minimum Gasteiger partial charge on any atom is -0.504 e. The average molecular weight is 345 g/mol. The Labute approximate surface area is 138 Å². The number of hydrogen-bond donors (Lipinski definition) is 2. The lowest BCUT2D eigenvalue weighted by atomic mass is 10.3. The van der Waals surface area contributed by atoms with Gasteiger partial charge in [0.1, 0.15) is 0 Å². The fraction of sp³-hybridized carbons (Fsp3) is 0.500. The second-order valence-electron chi connectivity index (χ2n) is 3.51. The summed E-state index contributed by atoms with van der Waals surface area (Å²) in [5, 5.41) is 14.1. The molecule has 0 atom stereocenters. The topological polar surface area (TPSA) is 126 Å². The van der Waals surface area contributed by atoms with E-state index in [-0.39, 0.29) is 22.9 Å². The summed E-state index contributed by atoms with van der Waals surface area (Å²) in [5.41, 5.74) is -0.583. The van der Waals surface area contributed by atoms with Gasteiger partial charge in [0.05, 0.1) is 4.88 Å². The number of nitrogens with zero attached hydrogens (tertiary/aromatic N) is 2. The summed E-state index contributed by atoms with van der Waals surface area (Å²) in [6.45, 7) is 12.3. The molecule has 0 radical (unpaired) electrons. The lowest BCUT2D eigenvalue weighted by Crippen LogP contribution is -2.10. The number of aryl methyl sites for hydroxylation is 1. The van der Waals surface area contributed by atoms with Crippen molar-refractivity contribution in [1.29, 1.82) is 0 Å². The normalized spacial score (nSPS) is 8.48. The van der Waals surface area contributed by atoms with Crippen LogP contribution in [0.1, 0.15) is 67.4 Å². The highest BCUT2D eigenvalue weighted by atomic mass is 32.1. The monoisotopic (exact) mass is 345 g/mol. The number of aromatic amines is 1. The fourth-order valence-electron chi connectivity index (χ4n) is 1.02. The summed E-state index contributed by atoms with van der Waals surface area (Å²) in [6, 6.07) is 0. The smallest absolute Gasteiger partial charge is 0.311 e. The Morgan fingerprint density at radius 1 is 1.09 bits per heavy atom. The zero-order valence-electron chi connectivity index (χ0n) is 14.4. The number of H-pyrrole nitrogens is 1. The molecule has 0 aliphatic carbocycles. The zero-order chi connectivity index (χ0) is 18.6. The van der Waals surface area contributed by atoms with E-state index in [9.17, 15) is 14.4 Å². The van der Waals surface area contributed by atoms with Crippen molar-refractivity contribution in [2.75, 3.05) is 0 Å². The molecule has 0 aliphatic heterocycles. The summed E-state index contributed by atoms with van der Waals surface area (Å²) in [5.74, 6) is -0.565. The van der Waals surface area contributed by atoms with E-state index in [1.165, 1.54) is 13.8 Å². The van der Waals surface area contributed by atoms with E-state index in [1.54, 1.807) is 6.92 Å². The second-order valence-corrected chi connectivity index (χ2v) is 4.49. The summed E-state index contributed by atoms with van der Waals surface area (Å²) in [4.78, 5) is 32.2. The lowest BCUT2D eigenvalue weighted by Gasteiger charge is -1.87. The maximum absolute atomic E-state index is 10.7. The summed E-state index contributed by atoms with van der Waals surface area (Å²) < 4.78 is 7.86. The molecular weight excluding hydrogens is 322 g/mol.